The highest BCUT2D eigenvalue weighted by Crippen LogP contribution is 2.21. The maximum absolute atomic E-state index is 13.5. The Morgan fingerprint density at radius 1 is 1.17 bits per heavy atom. The van der Waals surface area contributed by atoms with E-state index in [1.165, 1.54) is 6.07 Å². The number of guanidine groups is 1. The van der Waals surface area contributed by atoms with Gasteiger partial charge >= 0.3 is 0 Å². The molecule has 30 heavy (non-hydrogen) atoms. The van der Waals surface area contributed by atoms with Gasteiger partial charge in [-0.1, -0.05) is 30.7 Å². The molecule has 0 aliphatic rings. The Morgan fingerprint density at radius 2 is 1.90 bits per heavy atom. The minimum absolute atomic E-state index is 0.0311. The molecule has 9 heteroatoms. The van der Waals surface area contributed by atoms with Gasteiger partial charge in [0.15, 0.2) is 17.5 Å². The third-order valence-electron chi connectivity index (χ3n) is 4.33. The summed E-state index contributed by atoms with van der Waals surface area (Å²) in [5, 5.41) is 13.2. The molecule has 0 saturated heterocycles. The highest BCUT2D eigenvalue weighted by atomic mass is 35.5. The van der Waals surface area contributed by atoms with Crippen LogP contribution in [0, 0.1) is 11.6 Å². The molecular weight excluding hydrogens is 412 g/mol. The second-order valence-electron chi connectivity index (χ2n) is 6.62. The van der Waals surface area contributed by atoms with E-state index in [-0.39, 0.29) is 17.6 Å². The van der Waals surface area contributed by atoms with E-state index < -0.39 is 17.5 Å². The molecule has 0 spiro atoms. The van der Waals surface area contributed by atoms with Gasteiger partial charge in [0.05, 0.1) is 11.7 Å². The first-order valence-electron chi connectivity index (χ1n) is 9.28. The number of aliphatic imine (C=N–C) groups is 1. The van der Waals surface area contributed by atoms with Crippen LogP contribution in [0.15, 0.2) is 53.5 Å². The topological polar surface area (TPSA) is 82.2 Å². The van der Waals surface area contributed by atoms with Gasteiger partial charge in [-0.05, 0) is 49.2 Å². The van der Waals surface area contributed by atoms with Gasteiger partial charge in [0, 0.05) is 16.7 Å². The molecule has 0 fully saturated rings. The lowest BCUT2D eigenvalue weighted by Crippen LogP contribution is -2.37. The number of hydrogen-bond acceptors (Lipinski definition) is 3. The van der Waals surface area contributed by atoms with Crippen molar-refractivity contribution in [2.24, 2.45) is 4.99 Å². The number of carbonyl (C=O) groups is 1. The van der Waals surface area contributed by atoms with Crippen LogP contribution in [0.4, 0.5) is 14.6 Å². The Balaban J connectivity index is 1.79. The van der Waals surface area contributed by atoms with Crippen molar-refractivity contribution in [3.8, 4) is 11.3 Å². The SMILES string of the molecule is CCC(C)N=C(NC(=O)c1ccc(F)c(F)c1)Nc1cc(-c2ccc(Cl)cc2)[nH]n1. The summed E-state index contributed by atoms with van der Waals surface area (Å²) in [5.41, 5.74) is 1.59. The number of halogens is 3. The lowest BCUT2D eigenvalue weighted by Gasteiger charge is -2.12. The van der Waals surface area contributed by atoms with Crippen molar-refractivity contribution in [3.63, 3.8) is 0 Å². The number of rotatable bonds is 5. The van der Waals surface area contributed by atoms with Crippen LogP contribution in [-0.4, -0.2) is 28.1 Å². The van der Waals surface area contributed by atoms with Crippen LogP contribution in [0.1, 0.15) is 30.6 Å². The average Bonchev–Trinajstić information content (AvgIpc) is 3.18. The number of anilines is 1. The summed E-state index contributed by atoms with van der Waals surface area (Å²) in [7, 11) is 0. The Labute approximate surface area is 177 Å². The summed E-state index contributed by atoms with van der Waals surface area (Å²) in [5.74, 6) is -2.18. The molecule has 3 aromatic rings. The van der Waals surface area contributed by atoms with Gasteiger partial charge in [-0.25, -0.2) is 13.8 Å². The largest absolute Gasteiger partial charge is 0.309 e. The molecule has 1 amide bonds. The summed E-state index contributed by atoms with van der Waals surface area (Å²) < 4.78 is 26.6. The van der Waals surface area contributed by atoms with Gasteiger partial charge in [0.1, 0.15) is 0 Å². The zero-order valence-electron chi connectivity index (χ0n) is 16.3. The fourth-order valence-electron chi connectivity index (χ4n) is 2.51. The maximum Gasteiger partial charge on any atom is 0.258 e. The summed E-state index contributed by atoms with van der Waals surface area (Å²) >= 11 is 5.91. The molecule has 0 aliphatic carbocycles. The lowest BCUT2D eigenvalue weighted by molar-refractivity contribution is 0.0976. The molecular formula is C21H20ClF2N5O. The Kier molecular flexibility index (Phi) is 6.79. The van der Waals surface area contributed by atoms with E-state index in [9.17, 15) is 13.6 Å². The smallest absolute Gasteiger partial charge is 0.258 e. The number of H-pyrrole nitrogens is 1. The van der Waals surface area contributed by atoms with Gasteiger partial charge < -0.3 is 5.32 Å². The van der Waals surface area contributed by atoms with Gasteiger partial charge in [-0.15, -0.1) is 0 Å². The van der Waals surface area contributed by atoms with Crippen LogP contribution in [-0.2, 0) is 0 Å². The van der Waals surface area contributed by atoms with Crippen molar-refractivity contribution < 1.29 is 13.6 Å². The second-order valence-corrected chi connectivity index (χ2v) is 7.05. The molecule has 2 aromatic carbocycles. The van der Waals surface area contributed by atoms with Gasteiger partial charge in [0.2, 0.25) is 5.96 Å². The molecule has 1 aromatic heterocycles. The third-order valence-corrected chi connectivity index (χ3v) is 4.59. The number of nitrogens with one attached hydrogen (secondary N) is 3. The summed E-state index contributed by atoms with van der Waals surface area (Å²) in [4.78, 5) is 16.9. The minimum atomic E-state index is -1.10. The van der Waals surface area contributed by atoms with Crippen LogP contribution in [0.3, 0.4) is 0 Å². The first kappa shape index (κ1) is 21.4. The molecule has 1 unspecified atom stereocenters. The summed E-state index contributed by atoms with van der Waals surface area (Å²) in [6, 6.07) is 11.8. The molecule has 0 bridgehead atoms. The molecule has 6 nitrogen and oxygen atoms in total. The van der Waals surface area contributed by atoms with E-state index in [1.807, 2.05) is 26.0 Å². The highest BCUT2D eigenvalue weighted by molar-refractivity contribution is 6.30. The van der Waals surface area contributed by atoms with Crippen molar-refractivity contribution in [1.29, 1.82) is 0 Å². The van der Waals surface area contributed by atoms with Gasteiger partial charge in [-0.3, -0.25) is 15.2 Å². The van der Waals surface area contributed by atoms with E-state index in [0.29, 0.717) is 10.8 Å². The van der Waals surface area contributed by atoms with Crippen molar-refractivity contribution in [2.75, 3.05) is 5.32 Å². The predicted molar refractivity (Wildman–Crippen MR) is 114 cm³/mol. The van der Waals surface area contributed by atoms with E-state index >= 15 is 0 Å². The van der Waals surface area contributed by atoms with Crippen molar-refractivity contribution >= 4 is 29.3 Å². The normalized spacial score (nSPS) is 12.5. The number of amides is 1. The number of aromatic nitrogens is 2. The number of benzene rings is 2. The van der Waals surface area contributed by atoms with Crippen LogP contribution in [0.5, 0.6) is 0 Å². The molecule has 1 atom stereocenters. The lowest BCUT2D eigenvalue weighted by atomic mass is 10.1. The Hall–Kier alpha value is -3.26. The van der Waals surface area contributed by atoms with Crippen LogP contribution in [0.25, 0.3) is 11.3 Å². The molecule has 0 radical (unpaired) electrons. The summed E-state index contributed by atoms with van der Waals surface area (Å²) in [6.07, 6.45) is 0.739. The van der Waals surface area contributed by atoms with Crippen molar-refractivity contribution in [3.05, 3.63) is 70.8 Å². The molecule has 3 rings (SSSR count). The minimum Gasteiger partial charge on any atom is -0.309 e. The monoisotopic (exact) mass is 431 g/mol. The first-order valence-corrected chi connectivity index (χ1v) is 9.66. The zero-order valence-corrected chi connectivity index (χ0v) is 17.1. The maximum atomic E-state index is 13.5. The van der Waals surface area contributed by atoms with E-state index in [0.717, 1.165) is 29.8 Å². The third kappa shape index (κ3) is 5.42. The fourth-order valence-corrected chi connectivity index (χ4v) is 2.63. The van der Waals surface area contributed by atoms with Crippen LogP contribution < -0.4 is 10.6 Å². The zero-order chi connectivity index (χ0) is 21.7. The van der Waals surface area contributed by atoms with E-state index in [1.54, 1.807) is 18.2 Å². The highest BCUT2D eigenvalue weighted by Gasteiger charge is 2.14. The number of aromatic amines is 1. The second kappa shape index (κ2) is 9.49. The molecule has 3 N–H and O–H groups in total. The van der Waals surface area contributed by atoms with Crippen molar-refractivity contribution in [2.45, 2.75) is 26.3 Å². The average molecular weight is 432 g/mol. The summed E-state index contributed by atoms with van der Waals surface area (Å²) in [6.45, 7) is 3.84. The molecule has 0 saturated carbocycles. The van der Waals surface area contributed by atoms with E-state index in [2.05, 4.69) is 25.8 Å². The number of carbonyl (C=O) groups excluding carboxylic acids is 1. The molecule has 156 valence electrons. The Morgan fingerprint density at radius 3 is 2.57 bits per heavy atom. The number of nitrogens with zero attached hydrogens (tertiary/aromatic N) is 2. The van der Waals surface area contributed by atoms with E-state index in [4.69, 9.17) is 11.6 Å². The predicted octanol–water partition coefficient (Wildman–Crippen LogP) is 5.00. The van der Waals surface area contributed by atoms with Gasteiger partial charge in [-0.2, -0.15) is 5.10 Å². The van der Waals surface area contributed by atoms with Crippen molar-refractivity contribution in [1.82, 2.24) is 15.5 Å². The Bertz CT molecular complexity index is 1070. The molecule has 1 heterocycles. The number of hydrogen-bond donors (Lipinski definition) is 3. The van der Waals surface area contributed by atoms with Crippen LogP contribution >= 0.6 is 11.6 Å². The quantitative estimate of drug-likeness (QED) is 0.392. The fraction of sp³-hybridized carbons (Fsp3) is 0.190. The van der Waals surface area contributed by atoms with Gasteiger partial charge in [0.25, 0.3) is 5.91 Å². The van der Waals surface area contributed by atoms with Crippen LogP contribution in [0.2, 0.25) is 5.02 Å². The standard InChI is InChI=1S/C21H20ClF2N5O/c1-3-12(2)25-21(27-20(30)14-6-9-16(23)17(24)10-14)26-19-11-18(28-29-19)13-4-7-15(22)8-5-13/h4-12H,3H2,1-2H3,(H3,25,26,27,28,29,30). The molecule has 0 aliphatic heterocycles. The first-order chi connectivity index (χ1) is 14.4.